The highest BCUT2D eigenvalue weighted by Gasteiger charge is 2.30. The molecule has 182 valence electrons. The van der Waals surface area contributed by atoms with Gasteiger partial charge in [-0.2, -0.15) is 0 Å². The van der Waals surface area contributed by atoms with Gasteiger partial charge in [-0.15, -0.1) is 0 Å². The van der Waals surface area contributed by atoms with Crippen LogP contribution in [0.3, 0.4) is 0 Å². The Morgan fingerprint density at radius 2 is 1.71 bits per heavy atom. The molecule has 2 heterocycles. The average Bonchev–Trinajstić information content (AvgIpc) is 2.90. The van der Waals surface area contributed by atoms with Crippen molar-refractivity contribution in [1.29, 1.82) is 0 Å². The standard InChI is InChI=1S/C27H29N3O5/c1-30(27(33)21-7-12-24(31)28-17-21)25(20-5-10-23(34-2)11-6-20)26(32)29-22-8-3-18(4-9-22)19-13-15-35-16-14-19/h3-12,17,19,25H,13-16H2,1-2H3,(H,28,31)(H,29,32). The number of methoxy groups -OCH3 is 1. The van der Waals surface area contributed by atoms with Gasteiger partial charge in [-0.3, -0.25) is 14.4 Å². The molecule has 1 unspecified atom stereocenters. The van der Waals surface area contributed by atoms with E-state index in [9.17, 15) is 14.4 Å². The molecule has 0 bridgehead atoms. The first kappa shape index (κ1) is 24.2. The third-order valence-corrected chi connectivity index (χ3v) is 6.29. The fourth-order valence-corrected chi connectivity index (χ4v) is 4.28. The monoisotopic (exact) mass is 475 g/mol. The molecule has 0 spiro atoms. The number of likely N-dealkylation sites (N-methyl/N-ethyl adjacent to an activating group) is 1. The first-order valence-corrected chi connectivity index (χ1v) is 11.5. The number of anilines is 1. The van der Waals surface area contributed by atoms with Gasteiger partial charge in [-0.05, 0) is 60.2 Å². The van der Waals surface area contributed by atoms with Crippen LogP contribution in [0.1, 0.15) is 46.3 Å². The van der Waals surface area contributed by atoms with Crippen LogP contribution in [0.2, 0.25) is 0 Å². The Morgan fingerprint density at radius 1 is 1.03 bits per heavy atom. The first-order valence-electron chi connectivity index (χ1n) is 11.5. The normalized spacial score (nSPS) is 14.7. The number of ether oxygens (including phenoxy) is 2. The highest BCUT2D eigenvalue weighted by Crippen LogP contribution is 2.29. The summed E-state index contributed by atoms with van der Waals surface area (Å²) in [7, 11) is 3.13. The van der Waals surface area contributed by atoms with Crippen molar-refractivity contribution in [2.45, 2.75) is 24.8 Å². The number of carbonyl (C=O) groups excluding carboxylic acids is 2. The van der Waals surface area contributed by atoms with Crippen molar-refractivity contribution in [3.05, 3.63) is 93.9 Å². The van der Waals surface area contributed by atoms with E-state index in [4.69, 9.17) is 9.47 Å². The van der Waals surface area contributed by atoms with Crippen LogP contribution in [0.5, 0.6) is 5.75 Å². The van der Waals surface area contributed by atoms with Crippen molar-refractivity contribution >= 4 is 17.5 Å². The van der Waals surface area contributed by atoms with Crippen LogP contribution in [-0.2, 0) is 9.53 Å². The number of carbonyl (C=O) groups is 2. The lowest BCUT2D eigenvalue weighted by Crippen LogP contribution is -2.38. The molecule has 3 aromatic rings. The van der Waals surface area contributed by atoms with Crippen molar-refractivity contribution in [3.8, 4) is 5.75 Å². The second-order valence-electron chi connectivity index (χ2n) is 8.53. The van der Waals surface area contributed by atoms with Crippen molar-refractivity contribution in [2.75, 3.05) is 32.7 Å². The molecular formula is C27H29N3O5. The summed E-state index contributed by atoms with van der Waals surface area (Å²) in [4.78, 5) is 41.9. The zero-order valence-electron chi connectivity index (χ0n) is 19.8. The van der Waals surface area contributed by atoms with Crippen LogP contribution in [0.25, 0.3) is 0 Å². The second-order valence-corrected chi connectivity index (χ2v) is 8.53. The SMILES string of the molecule is COc1ccc(C(C(=O)Nc2ccc(C3CCOCC3)cc2)N(C)C(=O)c2ccc(=O)[nH]c2)cc1. The summed E-state index contributed by atoms with van der Waals surface area (Å²) in [6.07, 6.45) is 3.32. The number of nitrogens with one attached hydrogen (secondary N) is 2. The third kappa shape index (κ3) is 5.78. The minimum Gasteiger partial charge on any atom is -0.497 e. The molecule has 2 N–H and O–H groups in total. The summed E-state index contributed by atoms with van der Waals surface area (Å²) in [5, 5.41) is 2.95. The lowest BCUT2D eigenvalue weighted by Gasteiger charge is -2.28. The number of pyridine rings is 1. The molecule has 1 fully saturated rings. The van der Waals surface area contributed by atoms with E-state index in [2.05, 4.69) is 10.3 Å². The fourth-order valence-electron chi connectivity index (χ4n) is 4.28. The van der Waals surface area contributed by atoms with E-state index in [1.54, 1.807) is 38.4 Å². The van der Waals surface area contributed by atoms with Gasteiger partial charge >= 0.3 is 0 Å². The molecule has 35 heavy (non-hydrogen) atoms. The van der Waals surface area contributed by atoms with Gasteiger partial charge in [0.05, 0.1) is 12.7 Å². The average molecular weight is 476 g/mol. The molecule has 1 aliphatic heterocycles. The molecule has 1 saturated heterocycles. The van der Waals surface area contributed by atoms with Gasteiger partial charge in [-0.1, -0.05) is 24.3 Å². The lowest BCUT2D eigenvalue weighted by molar-refractivity contribution is -0.120. The number of nitrogens with zero attached hydrogens (tertiary/aromatic N) is 1. The van der Waals surface area contributed by atoms with E-state index in [1.807, 2.05) is 24.3 Å². The minimum absolute atomic E-state index is 0.277. The molecule has 0 aliphatic carbocycles. The van der Waals surface area contributed by atoms with Crippen molar-refractivity contribution in [1.82, 2.24) is 9.88 Å². The number of H-pyrrole nitrogens is 1. The van der Waals surface area contributed by atoms with Crippen LogP contribution in [0, 0.1) is 0 Å². The molecule has 1 aromatic heterocycles. The van der Waals surface area contributed by atoms with Crippen LogP contribution in [0.15, 0.2) is 71.7 Å². The van der Waals surface area contributed by atoms with Crippen LogP contribution >= 0.6 is 0 Å². The van der Waals surface area contributed by atoms with Gasteiger partial charge in [-0.25, -0.2) is 0 Å². The maximum Gasteiger partial charge on any atom is 0.256 e. The minimum atomic E-state index is -0.907. The summed E-state index contributed by atoms with van der Waals surface area (Å²) in [5.74, 6) is 0.356. The summed E-state index contributed by atoms with van der Waals surface area (Å²) in [6, 6.07) is 16.7. The quantitative estimate of drug-likeness (QED) is 0.542. The number of amides is 2. The molecule has 1 aliphatic rings. The van der Waals surface area contributed by atoms with Gasteiger partial charge in [0.15, 0.2) is 0 Å². The Balaban J connectivity index is 1.57. The summed E-state index contributed by atoms with van der Waals surface area (Å²) in [6.45, 7) is 1.53. The van der Waals surface area contributed by atoms with E-state index < -0.39 is 11.9 Å². The molecule has 1 atom stereocenters. The van der Waals surface area contributed by atoms with Crippen molar-refractivity contribution < 1.29 is 19.1 Å². The molecule has 8 nitrogen and oxygen atoms in total. The summed E-state index contributed by atoms with van der Waals surface area (Å²) in [5.41, 5.74) is 2.47. The van der Waals surface area contributed by atoms with Gasteiger partial charge in [0.2, 0.25) is 5.56 Å². The fraction of sp³-hybridized carbons (Fsp3) is 0.296. The second kappa shape index (κ2) is 11.0. The molecule has 2 aromatic carbocycles. The van der Waals surface area contributed by atoms with E-state index in [0.717, 1.165) is 26.1 Å². The number of hydrogen-bond acceptors (Lipinski definition) is 5. The predicted molar refractivity (Wildman–Crippen MR) is 133 cm³/mol. The number of rotatable bonds is 7. The van der Waals surface area contributed by atoms with Gasteiger partial charge in [0.1, 0.15) is 11.8 Å². The van der Waals surface area contributed by atoms with Crippen molar-refractivity contribution in [3.63, 3.8) is 0 Å². The summed E-state index contributed by atoms with van der Waals surface area (Å²) < 4.78 is 10.7. The Hall–Kier alpha value is -3.91. The molecule has 0 radical (unpaired) electrons. The Labute approximate surface area is 203 Å². The van der Waals surface area contributed by atoms with Crippen molar-refractivity contribution in [2.24, 2.45) is 0 Å². The van der Waals surface area contributed by atoms with E-state index >= 15 is 0 Å². The summed E-state index contributed by atoms with van der Waals surface area (Å²) >= 11 is 0. The van der Waals surface area contributed by atoms with E-state index in [1.165, 1.54) is 28.8 Å². The predicted octanol–water partition coefficient (Wildman–Crippen LogP) is 3.73. The highest BCUT2D eigenvalue weighted by molar-refractivity contribution is 6.01. The number of hydrogen-bond donors (Lipinski definition) is 2. The van der Waals surface area contributed by atoms with E-state index in [-0.39, 0.29) is 17.0 Å². The topological polar surface area (TPSA) is 101 Å². The zero-order valence-corrected chi connectivity index (χ0v) is 19.8. The van der Waals surface area contributed by atoms with Crippen LogP contribution in [-0.4, -0.2) is 49.1 Å². The highest BCUT2D eigenvalue weighted by atomic mass is 16.5. The smallest absolute Gasteiger partial charge is 0.256 e. The Bertz CT molecular complexity index is 1190. The number of aromatic nitrogens is 1. The molecule has 8 heteroatoms. The van der Waals surface area contributed by atoms with Gasteiger partial charge < -0.3 is 24.7 Å². The lowest BCUT2D eigenvalue weighted by atomic mass is 9.92. The van der Waals surface area contributed by atoms with E-state index in [0.29, 0.717) is 22.9 Å². The maximum absolute atomic E-state index is 13.5. The number of benzene rings is 2. The largest absolute Gasteiger partial charge is 0.497 e. The zero-order chi connectivity index (χ0) is 24.8. The maximum atomic E-state index is 13.5. The van der Waals surface area contributed by atoms with Crippen LogP contribution < -0.4 is 15.6 Å². The number of aromatic amines is 1. The molecule has 4 rings (SSSR count). The molecular weight excluding hydrogens is 446 g/mol. The Kier molecular flexibility index (Phi) is 7.62. The van der Waals surface area contributed by atoms with Gasteiger partial charge in [0, 0.05) is 38.2 Å². The first-order chi connectivity index (χ1) is 17.0. The van der Waals surface area contributed by atoms with Gasteiger partial charge in [0.25, 0.3) is 11.8 Å². The molecule has 2 amide bonds. The third-order valence-electron chi connectivity index (χ3n) is 6.29. The molecule has 0 saturated carbocycles. The Morgan fingerprint density at radius 3 is 2.31 bits per heavy atom. The van der Waals surface area contributed by atoms with Crippen LogP contribution in [0.4, 0.5) is 5.69 Å².